The Kier molecular flexibility index (Phi) is 7.87. The van der Waals surface area contributed by atoms with Gasteiger partial charge in [0.1, 0.15) is 6.10 Å². The SMILES string of the molecule is CC(CO)[C@H]1OC(=O)C(O)=C1O[C@@H]1OC[C@@H](OC(=O)c2ccccc2)CC1OC(=O)c1ccccc1. The van der Waals surface area contributed by atoms with Crippen LogP contribution in [0.3, 0.4) is 0 Å². The predicted molar refractivity (Wildman–Crippen MR) is 123 cm³/mol. The largest absolute Gasteiger partial charge is 0.499 e. The summed E-state index contributed by atoms with van der Waals surface area (Å²) in [5, 5.41) is 19.7. The zero-order valence-electron chi connectivity index (χ0n) is 19.4. The molecule has 190 valence electrons. The molecule has 2 aromatic rings. The van der Waals surface area contributed by atoms with Crippen LogP contribution in [0.5, 0.6) is 0 Å². The lowest BCUT2D eigenvalue weighted by Crippen LogP contribution is -2.47. The molecule has 0 spiro atoms. The van der Waals surface area contributed by atoms with Crippen LogP contribution in [0.25, 0.3) is 0 Å². The van der Waals surface area contributed by atoms with Crippen LogP contribution < -0.4 is 0 Å². The number of carbonyl (C=O) groups is 3. The topological polar surface area (TPSA) is 138 Å². The van der Waals surface area contributed by atoms with E-state index in [2.05, 4.69) is 0 Å². The van der Waals surface area contributed by atoms with Gasteiger partial charge >= 0.3 is 17.9 Å². The molecule has 36 heavy (non-hydrogen) atoms. The van der Waals surface area contributed by atoms with E-state index in [9.17, 15) is 24.6 Å². The second-order valence-electron chi connectivity index (χ2n) is 8.46. The van der Waals surface area contributed by atoms with Crippen molar-refractivity contribution in [2.45, 2.75) is 37.9 Å². The molecule has 2 aromatic carbocycles. The van der Waals surface area contributed by atoms with E-state index >= 15 is 0 Å². The number of esters is 3. The van der Waals surface area contributed by atoms with Gasteiger partial charge < -0.3 is 33.9 Å². The fourth-order valence-electron chi connectivity index (χ4n) is 3.80. The van der Waals surface area contributed by atoms with Gasteiger partial charge in [-0.05, 0) is 24.3 Å². The molecule has 0 aliphatic carbocycles. The minimum Gasteiger partial charge on any atom is -0.499 e. The minimum absolute atomic E-state index is 0.0326. The molecule has 2 N–H and O–H groups in total. The Balaban J connectivity index is 1.52. The smallest absolute Gasteiger partial charge is 0.377 e. The number of aliphatic hydroxyl groups excluding tert-OH is 2. The van der Waals surface area contributed by atoms with Gasteiger partial charge in [0, 0.05) is 18.9 Å². The molecular formula is C26H26O10. The highest BCUT2D eigenvalue weighted by atomic mass is 16.7. The van der Waals surface area contributed by atoms with Gasteiger partial charge in [-0.15, -0.1) is 0 Å². The van der Waals surface area contributed by atoms with E-state index in [1.54, 1.807) is 67.6 Å². The molecule has 0 bridgehead atoms. The second kappa shape index (κ2) is 11.2. The van der Waals surface area contributed by atoms with Crippen molar-refractivity contribution in [3.63, 3.8) is 0 Å². The van der Waals surface area contributed by atoms with Gasteiger partial charge in [-0.25, -0.2) is 14.4 Å². The van der Waals surface area contributed by atoms with E-state index in [1.807, 2.05) is 0 Å². The summed E-state index contributed by atoms with van der Waals surface area (Å²) < 4.78 is 27.8. The first-order chi connectivity index (χ1) is 17.4. The van der Waals surface area contributed by atoms with Crippen molar-refractivity contribution in [2.24, 2.45) is 5.92 Å². The molecule has 2 aliphatic rings. The van der Waals surface area contributed by atoms with Crippen LogP contribution in [0, 0.1) is 5.92 Å². The molecule has 0 radical (unpaired) electrons. The van der Waals surface area contributed by atoms with Crippen LogP contribution in [-0.2, 0) is 28.5 Å². The lowest BCUT2D eigenvalue weighted by molar-refractivity contribution is -0.226. The third kappa shape index (κ3) is 5.67. The molecule has 4 rings (SSSR count). The maximum atomic E-state index is 12.8. The lowest BCUT2D eigenvalue weighted by atomic mass is 10.0. The van der Waals surface area contributed by atoms with Crippen LogP contribution in [-0.4, -0.2) is 65.9 Å². The minimum atomic E-state index is -1.25. The molecule has 0 aromatic heterocycles. The summed E-state index contributed by atoms with van der Waals surface area (Å²) in [4.78, 5) is 37.2. The first-order valence-corrected chi connectivity index (χ1v) is 11.4. The summed E-state index contributed by atoms with van der Waals surface area (Å²) in [5.74, 6) is -3.80. The van der Waals surface area contributed by atoms with E-state index in [-0.39, 0.29) is 31.0 Å². The molecule has 0 saturated carbocycles. The van der Waals surface area contributed by atoms with Gasteiger partial charge in [-0.3, -0.25) is 0 Å². The number of carbonyl (C=O) groups excluding carboxylic acids is 3. The Morgan fingerprint density at radius 1 is 1.00 bits per heavy atom. The Bertz CT molecular complexity index is 1110. The van der Waals surface area contributed by atoms with Crippen molar-refractivity contribution in [2.75, 3.05) is 13.2 Å². The van der Waals surface area contributed by atoms with Gasteiger partial charge in [0.25, 0.3) is 0 Å². The van der Waals surface area contributed by atoms with Crippen molar-refractivity contribution in [3.05, 3.63) is 83.3 Å². The number of aliphatic hydroxyl groups is 2. The fraction of sp³-hybridized carbons (Fsp3) is 0.346. The summed E-state index contributed by atoms with van der Waals surface area (Å²) in [6, 6.07) is 16.7. The van der Waals surface area contributed by atoms with Gasteiger partial charge in [0.2, 0.25) is 12.0 Å². The molecule has 1 fully saturated rings. The van der Waals surface area contributed by atoms with Crippen molar-refractivity contribution in [1.29, 1.82) is 0 Å². The molecule has 0 amide bonds. The summed E-state index contributed by atoms with van der Waals surface area (Å²) in [5.41, 5.74) is 0.638. The third-order valence-corrected chi connectivity index (χ3v) is 5.76. The quantitative estimate of drug-likeness (QED) is 0.412. The molecule has 5 atom stereocenters. The third-order valence-electron chi connectivity index (χ3n) is 5.76. The monoisotopic (exact) mass is 498 g/mol. The van der Waals surface area contributed by atoms with Crippen LogP contribution in [0.1, 0.15) is 34.1 Å². The first-order valence-electron chi connectivity index (χ1n) is 11.4. The van der Waals surface area contributed by atoms with E-state index in [0.29, 0.717) is 5.56 Å². The molecule has 10 nitrogen and oxygen atoms in total. The number of benzene rings is 2. The first kappa shape index (κ1) is 25.2. The zero-order valence-corrected chi connectivity index (χ0v) is 19.4. The van der Waals surface area contributed by atoms with Gasteiger partial charge in [-0.1, -0.05) is 43.3 Å². The van der Waals surface area contributed by atoms with E-state index < -0.39 is 54.2 Å². The maximum Gasteiger partial charge on any atom is 0.377 e. The summed E-state index contributed by atoms with van der Waals surface area (Å²) in [6.45, 7) is 1.17. The fourth-order valence-corrected chi connectivity index (χ4v) is 3.80. The molecule has 10 heteroatoms. The average molecular weight is 498 g/mol. The van der Waals surface area contributed by atoms with Crippen molar-refractivity contribution in [3.8, 4) is 0 Å². The van der Waals surface area contributed by atoms with Crippen molar-refractivity contribution >= 4 is 17.9 Å². The molecular weight excluding hydrogens is 472 g/mol. The van der Waals surface area contributed by atoms with Gasteiger partial charge in [0.15, 0.2) is 18.0 Å². The van der Waals surface area contributed by atoms with Crippen molar-refractivity contribution < 1.29 is 48.3 Å². The lowest BCUT2D eigenvalue weighted by Gasteiger charge is -2.36. The number of rotatable bonds is 8. The zero-order chi connectivity index (χ0) is 25.7. The normalized spacial score (nSPS) is 24.6. The van der Waals surface area contributed by atoms with Crippen LogP contribution >= 0.6 is 0 Å². The van der Waals surface area contributed by atoms with Gasteiger partial charge in [-0.2, -0.15) is 0 Å². The number of cyclic esters (lactones) is 1. The maximum absolute atomic E-state index is 12.8. The Morgan fingerprint density at radius 3 is 2.17 bits per heavy atom. The molecule has 1 saturated heterocycles. The van der Waals surface area contributed by atoms with E-state index in [4.69, 9.17) is 23.7 Å². The Labute approximate surface area is 207 Å². The van der Waals surface area contributed by atoms with Crippen LogP contribution in [0.15, 0.2) is 72.2 Å². The predicted octanol–water partition coefficient (Wildman–Crippen LogP) is 2.52. The van der Waals surface area contributed by atoms with E-state index in [0.717, 1.165) is 0 Å². The Hall–Kier alpha value is -3.89. The average Bonchev–Trinajstić information content (AvgIpc) is 3.19. The van der Waals surface area contributed by atoms with E-state index in [1.165, 1.54) is 0 Å². The Morgan fingerprint density at radius 2 is 1.58 bits per heavy atom. The van der Waals surface area contributed by atoms with Crippen LogP contribution in [0.4, 0.5) is 0 Å². The highest BCUT2D eigenvalue weighted by Crippen LogP contribution is 2.32. The summed E-state index contributed by atoms with van der Waals surface area (Å²) in [6.07, 6.45) is -4.09. The van der Waals surface area contributed by atoms with Gasteiger partial charge in [0.05, 0.1) is 17.7 Å². The molecule has 2 unspecified atom stereocenters. The number of ether oxygens (including phenoxy) is 5. The highest BCUT2D eigenvalue weighted by Gasteiger charge is 2.44. The van der Waals surface area contributed by atoms with Crippen LogP contribution in [0.2, 0.25) is 0 Å². The standard InChI is InChI=1S/C26H26O10/c1-15(13-27)21-22(20(28)25(31)35-21)36-26-19(34-24(30)17-10-6-3-7-11-17)12-18(14-32-26)33-23(29)16-8-4-2-5-9-16/h2-11,15,18-19,21,26-28H,12-14H2,1H3/t15?,18-,19?,21+,26-/m0/s1. The highest BCUT2D eigenvalue weighted by molar-refractivity contribution is 5.90. The molecule has 2 heterocycles. The number of hydrogen-bond donors (Lipinski definition) is 2. The molecule has 2 aliphatic heterocycles. The van der Waals surface area contributed by atoms with Crippen molar-refractivity contribution in [1.82, 2.24) is 0 Å². The summed E-state index contributed by atoms with van der Waals surface area (Å²) >= 11 is 0. The number of hydrogen-bond acceptors (Lipinski definition) is 10. The second-order valence-corrected chi connectivity index (χ2v) is 8.46. The summed E-state index contributed by atoms with van der Waals surface area (Å²) in [7, 11) is 0.